The summed E-state index contributed by atoms with van der Waals surface area (Å²) in [6, 6.07) is 18.6. The van der Waals surface area contributed by atoms with Crippen LogP contribution in [0.4, 0.5) is 17.1 Å². The van der Waals surface area contributed by atoms with Crippen LogP contribution < -0.4 is 10.6 Å². The predicted molar refractivity (Wildman–Crippen MR) is 132 cm³/mol. The van der Waals surface area contributed by atoms with Crippen molar-refractivity contribution in [1.29, 1.82) is 0 Å². The standard InChI is InChI=1S/C25H25N3O4S/c1-4-23(25(30)27-22-14-16(2)8-9-17(22)3)33-21-7-5-6-19(15-21)26-24(29)18-10-12-20(13-11-18)28(31)32/h5-15,23H,4H2,1-3H3,(H,26,29)(H,27,30). The molecule has 7 nitrogen and oxygen atoms in total. The van der Waals surface area contributed by atoms with Gasteiger partial charge in [-0.05, 0) is 67.8 Å². The molecule has 1 unspecified atom stereocenters. The Morgan fingerprint density at radius 2 is 1.73 bits per heavy atom. The Labute approximate surface area is 196 Å². The number of hydrogen-bond donors (Lipinski definition) is 2. The van der Waals surface area contributed by atoms with E-state index in [0.29, 0.717) is 17.7 Å². The minimum absolute atomic E-state index is 0.0727. The minimum atomic E-state index is -0.511. The number of nitro groups is 1. The van der Waals surface area contributed by atoms with Gasteiger partial charge in [-0.1, -0.05) is 25.1 Å². The largest absolute Gasteiger partial charge is 0.325 e. The number of benzene rings is 3. The molecule has 0 bridgehead atoms. The van der Waals surface area contributed by atoms with Crippen LogP contribution in [-0.4, -0.2) is 22.0 Å². The third kappa shape index (κ3) is 6.43. The third-order valence-corrected chi connectivity index (χ3v) is 6.38. The zero-order valence-electron chi connectivity index (χ0n) is 18.6. The molecule has 8 heteroatoms. The van der Waals surface area contributed by atoms with Gasteiger partial charge in [0.2, 0.25) is 5.91 Å². The molecule has 1 atom stereocenters. The normalized spacial score (nSPS) is 11.5. The number of amides is 2. The van der Waals surface area contributed by atoms with E-state index in [2.05, 4.69) is 10.6 Å². The average molecular weight is 464 g/mol. The van der Waals surface area contributed by atoms with E-state index in [0.717, 1.165) is 21.7 Å². The zero-order chi connectivity index (χ0) is 24.0. The number of carbonyl (C=O) groups is 2. The first-order valence-electron chi connectivity index (χ1n) is 10.5. The van der Waals surface area contributed by atoms with Crippen molar-refractivity contribution in [1.82, 2.24) is 0 Å². The van der Waals surface area contributed by atoms with E-state index in [-0.39, 0.29) is 22.8 Å². The van der Waals surface area contributed by atoms with Gasteiger partial charge in [0.15, 0.2) is 0 Å². The van der Waals surface area contributed by atoms with Crippen LogP contribution in [0.5, 0.6) is 0 Å². The third-order valence-electron chi connectivity index (χ3n) is 5.02. The van der Waals surface area contributed by atoms with Crippen molar-refractivity contribution in [3.63, 3.8) is 0 Å². The molecular weight excluding hydrogens is 438 g/mol. The summed E-state index contributed by atoms with van der Waals surface area (Å²) in [6.45, 7) is 5.90. The molecule has 3 rings (SSSR count). The lowest BCUT2D eigenvalue weighted by molar-refractivity contribution is -0.384. The van der Waals surface area contributed by atoms with E-state index >= 15 is 0 Å². The van der Waals surface area contributed by atoms with Gasteiger partial charge in [-0.25, -0.2) is 0 Å². The first-order chi connectivity index (χ1) is 15.8. The SMILES string of the molecule is CCC(Sc1cccc(NC(=O)c2ccc([N+](=O)[O-])cc2)c1)C(=O)Nc1cc(C)ccc1C. The van der Waals surface area contributed by atoms with Gasteiger partial charge in [-0.2, -0.15) is 0 Å². The van der Waals surface area contributed by atoms with E-state index in [1.54, 1.807) is 6.07 Å². The molecule has 0 aromatic heterocycles. The van der Waals surface area contributed by atoms with Crippen LogP contribution in [0.3, 0.4) is 0 Å². The Kier molecular flexibility index (Phi) is 7.84. The summed E-state index contributed by atoms with van der Waals surface area (Å²) < 4.78 is 0. The predicted octanol–water partition coefficient (Wildman–Crippen LogP) is 5.97. The van der Waals surface area contributed by atoms with E-state index in [9.17, 15) is 19.7 Å². The Morgan fingerprint density at radius 3 is 2.39 bits per heavy atom. The molecule has 0 aliphatic heterocycles. The first kappa shape index (κ1) is 24.0. The molecule has 0 aliphatic carbocycles. The molecule has 0 spiro atoms. The fourth-order valence-electron chi connectivity index (χ4n) is 3.16. The molecule has 0 aliphatic rings. The molecule has 33 heavy (non-hydrogen) atoms. The average Bonchev–Trinajstić information content (AvgIpc) is 2.80. The van der Waals surface area contributed by atoms with Crippen LogP contribution in [0.2, 0.25) is 0 Å². The molecule has 0 radical (unpaired) electrons. The molecule has 0 saturated carbocycles. The number of anilines is 2. The van der Waals surface area contributed by atoms with Crippen molar-refractivity contribution in [3.8, 4) is 0 Å². The number of hydrogen-bond acceptors (Lipinski definition) is 5. The van der Waals surface area contributed by atoms with Gasteiger partial charge in [0.05, 0.1) is 10.2 Å². The van der Waals surface area contributed by atoms with Gasteiger partial charge >= 0.3 is 0 Å². The molecule has 2 amide bonds. The van der Waals surface area contributed by atoms with Crippen LogP contribution >= 0.6 is 11.8 Å². The van der Waals surface area contributed by atoms with E-state index < -0.39 is 4.92 Å². The van der Waals surface area contributed by atoms with Crippen LogP contribution in [-0.2, 0) is 4.79 Å². The highest BCUT2D eigenvalue weighted by Crippen LogP contribution is 2.29. The molecule has 0 saturated heterocycles. The van der Waals surface area contributed by atoms with E-state index in [4.69, 9.17) is 0 Å². The molecule has 0 heterocycles. The fourth-order valence-corrected chi connectivity index (χ4v) is 4.17. The number of carbonyl (C=O) groups excluding carboxylic acids is 2. The summed E-state index contributed by atoms with van der Waals surface area (Å²) in [5.41, 5.74) is 3.71. The zero-order valence-corrected chi connectivity index (χ0v) is 19.4. The molecule has 3 aromatic rings. The maximum atomic E-state index is 12.9. The van der Waals surface area contributed by atoms with Crippen molar-refractivity contribution >= 4 is 40.6 Å². The molecule has 2 N–H and O–H groups in total. The summed E-state index contributed by atoms with van der Waals surface area (Å²) in [5, 5.41) is 16.3. The molecule has 0 fully saturated rings. The molecule has 3 aromatic carbocycles. The molecule has 170 valence electrons. The van der Waals surface area contributed by atoms with Crippen molar-refractivity contribution in [2.75, 3.05) is 10.6 Å². The van der Waals surface area contributed by atoms with Gasteiger partial charge in [0, 0.05) is 34.0 Å². The Hall–Kier alpha value is -3.65. The van der Waals surface area contributed by atoms with Crippen LogP contribution in [0.1, 0.15) is 34.8 Å². The molecular formula is C25H25N3O4S. The number of aryl methyl sites for hydroxylation is 2. The van der Waals surface area contributed by atoms with Crippen LogP contribution in [0.25, 0.3) is 0 Å². The Bertz CT molecular complexity index is 1180. The lowest BCUT2D eigenvalue weighted by Crippen LogP contribution is -2.25. The van der Waals surface area contributed by atoms with Gasteiger partial charge in [0.25, 0.3) is 11.6 Å². The second-order valence-electron chi connectivity index (χ2n) is 7.61. The highest BCUT2D eigenvalue weighted by molar-refractivity contribution is 8.00. The number of thioether (sulfide) groups is 1. The summed E-state index contributed by atoms with van der Waals surface area (Å²) in [5.74, 6) is -0.441. The Balaban J connectivity index is 1.67. The van der Waals surface area contributed by atoms with Gasteiger partial charge in [-0.3, -0.25) is 19.7 Å². The maximum absolute atomic E-state index is 12.9. The van der Waals surface area contributed by atoms with Crippen molar-refractivity contribution < 1.29 is 14.5 Å². The number of rotatable bonds is 8. The second kappa shape index (κ2) is 10.8. The van der Waals surface area contributed by atoms with E-state index in [1.165, 1.54) is 36.0 Å². The van der Waals surface area contributed by atoms with Crippen LogP contribution in [0.15, 0.2) is 71.6 Å². The summed E-state index contributed by atoms with van der Waals surface area (Å²) in [4.78, 5) is 36.5. The van der Waals surface area contributed by atoms with Crippen LogP contribution in [0, 0.1) is 24.0 Å². The van der Waals surface area contributed by atoms with E-state index in [1.807, 2.05) is 57.2 Å². The summed E-state index contributed by atoms with van der Waals surface area (Å²) >= 11 is 1.43. The maximum Gasteiger partial charge on any atom is 0.269 e. The van der Waals surface area contributed by atoms with Gasteiger partial charge < -0.3 is 10.6 Å². The quantitative estimate of drug-likeness (QED) is 0.243. The fraction of sp³-hybridized carbons (Fsp3) is 0.200. The highest BCUT2D eigenvalue weighted by atomic mass is 32.2. The summed E-state index contributed by atoms with van der Waals surface area (Å²) in [6.07, 6.45) is 0.640. The number of nitrogens with one attached hydrogen (secondary N) is 2. The van der Waals surface area contributed by atoms with Crippen molar-refractivity contribution in [2.45, 2.75) is 37.3 Å². The lowest BCUT2D eigenvalue weighted by atomic mass is 10.1. The topological polar surface area (TPSA) is 101 Å². The second-order valence-corrected chi connectivity index (χ2v) is 8.88. The summed E-state index contributed by atoms with van der Waals surface area (Å²) in [7, 11) is 0. The lowest BCUT2D eigenvalue weighted by Gasteiger charge is -2.17. The first-order valence-corrected chi connectivity index (χ1v) is 11.4. The number of nitrogens with zero attached hydrogens (tertiary/aromatic N) is 1. The Morgan fingerprint density at radius 1 is 1.00 bits per heavy atom. The number of non-ortho nitro benzene ring substituents is 1. The minimum Gasteiger partial charge on any atom is -0.325 e. The monoisotopic (exact) mass is 463 g/mol. The van der Waals surface area contributed by atoms with Crippen molar-refractivity contribution in [3.05, 3.63) is 93.5 Å². The number of nitro benzene ring substituents is 1. The van der Waals surface area contributed by atoms with Crippen molar-refractivity contribution in [2.24, 2.45) is 0 Å². The van der Waals surface area contributed by atoms with Gasteiger partial charge in [0.1, 0.15) is 0 Å². The smallest absolute Gasteiger partial charge is 0.269 e. The highest BCUT2D eigenvalue weighted by Gasteiger charge is 2.19. The van der Waals surface area contributed by atoms with Gasteiger partial charge in [-0.15, -0.1) is 11.8 Å².